The number of amidine groups is 1. The van der Waals surface area contributed by atoms with Gasteiger partial charge in [-0.1, -0.05) is 36.4 Å². The molecule has 0 saturated heterocycles. The Morgan fingerprint density at radius 2 is 2.06 bits per heavy atom. The Kier molecular flexibility index (Phi) is 2.70. The third-order valence-corrected chi connectivity index (χ3v) is 3.11. The van der Waals surface area contributed by atoms with E-state index in [9.17, 15) is 0 Å². The van der Waals surface area contributed by atoms with Gasteiger partial charge in [0.05, 0.1) is 18.5 Å². The maximum atomic E-state index is 9.00. The molecule has 18 heavy (non-hydrogen) atoms. The lowest BCUT2D eigenvalue weighted by atomic mass is 9.98. The molecule has 2 aliphatic heterocycles. The third kappa shape index (κ3) is 1.72. The molecule has 0 spiro atoms. The highest BCUT2D eigenvalue weighted by atomic mass is 15.3. The second-order valence-corrected chi connectivity index (χ2v) is 4.21. The molecule has 0 N–H and O–H groups in total. The first-order valence-corrected chi connectivity index (χ1v) is 5.91. The minimum atomic E-state index is 0.0219. The summed E-state index contributed by atoms with van der Waals surface area (Å²) in [7, 11) is 0. The fourth-order valence-corrected chi connectivity index (χ4v) is 2.28. The van der Waals surface area contributed by atoms with Crippen LogP contribution in [0.4, 0.5) is 0 Å². The van der Waals surface area contributed by atoms with Gasteiger partial charge in [0.15, 0.2) is 0 Å². The molecule has 2 aliphatic rings. The van der Waals surface area contributed by atoms with Crippen molar-refractivity contribution in [3.8, 4) is 6.07 Å². The number of benzene rings is 1. The zero-order valence-corrected chi connectivity index (χ0v) is 9.82. The van der Waals surface area contributed by atoms with Gasteiger partial charge in [0, 0.05) is 6.20 Å². The van der Waals surface area contributed by atoms with Gasteiger partial charge >= 0.3 is 0 Å². The molecule has 3 nitrogen and oxygen atoms in total. The molecule has 0 bridgehead atoms. The van der Waals surface area contributed by atoms with Crippen molar-refractivity contribution in [2.45, 2.75) is 12.5 Å². The van der Waals surface area contributed by atoms with Gasteiger partial charge in [-0.25, -0.2) is 0 Å². The number of nitrogens with zero attached hydrogens (tertiary/aromatic N) is 3. The Labute approximate surface area is 106 Å². The van der Waals surface area contributed by atoms with Crippen molar-refractivity contribution >= 4 is 5.84 Å². The molecule has 0 aromatic heterocycles. The van der Waals surface area contributed by atoms with Gasteiger partial charge in [-0.3, -0.25) is 4.99 Å². The molecule has 87 valence electrons. The van der Waals surface area contributed by atoms with Gasteiger partial charge < -0.3 is 4.90 Å². The van der Waals surface area contributed by atoms with Crippen molar-refractivity contribution in [3.05, 3.63) is 66.4 Å². The van der Waals surface area contributed by atoms with E-state index in [1.54, 1.807) is 0 Å². The van der Waals surface area contributed by atoms with Crippen LogP contribution < -0.4 is 0 Å². The molecule has 3 rings (SSSR count). The van der Waals surface area contributed by atoms with Crippen LogP contribution in [0.25, 0.3) is 0 Å². The summed E-state index contributed by atoms with van der Waals surface area (Å²) in [5.74, 6) is 0.914. The van der Waals surface area contributed by atoms with E-state index in [1.165, 1.54) is 0 Å². The monoisotopic (exact) mass is 234 g/mol. The molecular formula is C15H12N3. The molecule has 2 heterocycles. The smallest absolute Gasteiger partial charge is 0.141 e. The Balaban J connectivity index is 1.98. The van der Waals surface area contributed by atoms with Gasteiger partial charge in [-0.05, 0) is 17.7 Å². The molecule has 1 radical (unpaired) electrons. The summed E-state index contributed by atoms with van der Waals surface area (Å²) in [5, 5.41) is 9.00. The van der Waals surface area contributed by atoms with E-state index in [0.29, 0.717) is 6.42 Å². The van der Waals surface area contributed by atoms with Crippen LogP contribution in [0.2, 0.25) is 0 Å². The summed E-state index contributed by atoms with van der Waals surface area (Å²) in [6.07, 6.45) is 8.33. The van der Waals surface area contributed by atoms with E-state index in [4.69, 9.17) is 5.26 Å². The summed E-state index contributed by atoms with van der Waals surface area (Å²) < 4.78 is 0. The fourth-order valence-electron chi connectivity index (χ4n) is 2.28. The largest absolute Gasteiger partial charge is 0.326 e. The normalized spacial score (nSPS) is 21.6. The quantitative estimate of drug-likeness (QED) is 0.789. The molecule has 0 amide bonds. The molecule has 0 aliphatic carbocycles. The van der Waals surface area contributed by atoms with Gasteiger partial charge in [-0.2, -0.15) is 5.26 Å². The molecule has 1 aromatic rings. The first-order chi connectivity index (χ1) is 8.90. The lowest BCUT2D eigenvalue weighted by Crippen LogP contribution is -2.33. The van der Waals surface area contributed by atoms with Crippen LogP contribution in [0.15, 0.2) is 59.8 Å². The number of rotatable bonds is 2. The van der Waals surface area contributed by atoms with E-state index < -0.39 is 0 Å². The van der Waals surface area contributed by atoms with Crippen molar-refractivity contribution in [1.29, 1.82) is 5.26 Å². The van der Waals surface area contributed by atoms with Crippen LogP contribution in [-0.2, 0) is 0 Å². The lowest BCUT2D eigenvalue weighted by molar-refractivity contribution is 0.454. The summed E-state index contributed by atoms with van der Waals surface area (Å²) in [5.41, 5.74) is 1.08. The third-order valence-electron chi connectivity index (χ3n) is 3.11. The number of nitriles is 1. The standard InChI is InChI=1S/C15H12N3/c16-10-9-13-15(12-6-2-1-3-7-12)17-14-8-4-5-11-18(13)14/h1-8,11,13H,9H2. The predicted molar refractivity (Wildman–Crippen MR) is 70.4 cm³/mol. The highest BCUT2D eigenvalue weighted by molar-refractivity contribution is 5.98. The van der Waals surface area contributed by atoms with E-state index in [2.05, 4.69) is 16.0 Å². The SMILES string of the molecule is N#CCC1[C](c2ccccc2)N=C2C=CC=CN21. The van der Waals surface area contributed by atoms with Crippen LogP contribution >= 0.6 is 0 Å². The topological polar surface area (TPSA) is 39.4 Å². The average molecular weight is 234 g/mol. The highest BCUT2D eigenvalue weighted by Gasteiger charge is 2.36. The Morgan fingerprint density at radius 1 is 1.22 bits per heavy atom. The second-order valence-electron chi connectivity index (χ2n) is 4.21. The summed E-state index contributed by atoms with van der Waals surface area (Å²) in [6, 6.07) is 13.3. The van der Waals surface area contributed by atoms with Crippen LogP contribution in [0, 0.1) is 17.4 Å². The Hall–Kier alpha value is -2.34. The van der Waals surface area contributed by atoms with Crippen LogP contribution in [0.3, 0.4) is 0 Å². The minimum absolute atomic E-state index is 0.0219. The zero-order valence-electron chi connectivity index (χ0n) is 9.82. The van der Waals surface area contributed by atoms with Gasteiger partial charge in [0.25, 0.3) is 0 Å². The average Bonchev–Trinajstić information content (AvgIpc) is 2.80. The number of allylic oxidation sites excluding steroid dienone is 2. The van der Waals surface area contributed by atoms with E-state index >= 15 is 0 Å². The molecular weight excluding hydrogens is 222 g/mol. The van der Waals surface area contributed by atoms with E-state index in [0.717, 1.165) is 17.4 Å². The summed E-state index contributed by atoms with van der Waals surface area (Å²) in [6.45, 7) is 0. The van der Waals surface area contributed by atoms with Crippen molar-refractivity contribution in [3.63, 3.8) is 0 Å². The second kappa shape index (κ2) is 4.50. The summed E-state index contributed by atoms with van der Waals surface area (Å²) in [4.78, 5) is 6.71. The van der Waals surface area contributed by atoms with Crippen molar-refractivity contribution in [2.24, 2.45) is 4.99 Å². The maximum Gasteiger partial charge on any atom is 0.141 e. The number of hydrogen-bond donors (Lipinski definition) is 0. The first-order valence-electron chi connectivity index (χ1n) is 5.91. The van der Waals surface area contributed by atoms with Gasteiger partial charge in [-0.15, -0.1) is 0 Å². The van der Waals surface area contributed by atoms with Crippen LogP contribution in [-0.4, -0.2) is 16.8 Å². The van der Waals surface area contributed by atoms with Crippen molar-refractivity contribution < 1.29 is 0 Å². The lowest BCUT2D eigenvalue weighted by Gasteiger charge is -2.25. The van der Waals surface area contributed by atoms with Gasteiger partial charge in [0.2, 0.25) is 0 Å². The summed E-state index contributed by atoms with van der Waals surface area (Å²) >= 11 is 0. The fraction of sp³-hybridized carbons (Fsp3) is 0.133. The van der Waals surface area contributed by atoms with Gasteiger partial charge in [0.1, 0.15) is 11.9 Å². The number of fused-ring (bicyclic) bond motifs is 1. The van der Waals surface area contributed by atoms with E-state index in [-0.39, 0.29) is 6.04 Å². The maximum absolute atomic E-state index is 9.00. The zero-order chi connectivity index (χ0) is 12.4. The van der Waals surface area contributed by atoms with Crippen LogP contribution in [0.5, 0.6) is 0 Å². The Morgan fingerprint density at radius 3 is 2.83 bits per heavy atom. The predicted octanol–water partition coefficient (Wildman–Crippen LogP) is 2.65. The molecule has 0 saturated carbocycles. The van der Waals surface area contributed by atoms with Crippen molar-refractivity contribution in [2.75, 3.05) is 0 Å². The minimum Gasteiger partial charge on any atom is -0.326 e. The molecule has 0 fully saturated rings. The Bertz CT molecular complexity index is 563. The molecule has 1 atom stereocenters. The number of hydrogen-bond acceptors (Lipinski definition) is 3. The number of aliphatic imine (C=N–C) groups is 1. The van der Waals surface area contributed by atoms with E-state index in [1.807, 2.05) is 54.8 Å². The molecule has 1 unspecified atom stereocenters. The first kappa shape index (κ1) is 10.8. The van der Waals surface area contributed by atoms with Crippen LogP contribution in [0.1, 0.15) is 12.0 Å². The van der Waals surface area contributed by atoms with Crippen molar-refractivity contribution in [1.82, 2.24) is 4.90 Å². The molecule has 3 heteroatoms. The molecule has 1 aromatic carbocycles. The highest BCUT2D eigenvalue weighted by Crippen LogP contribution is 2.33.